The summed E-state index contributed by atoms with van der Waals surface area (Å²) in [5.41, 5.74) is 0.967. The second-order valence-electron chi connectivity index (χ2n) is 3.70. The summed E-state index contributed by atoms with van der Waals surface area (Å²) in [5, 5.41) is 8.16. The Labute approximate surface area is 88.8 Å². The molecule has 6 heteroatoms. The first-order valence-corrected chi connectivity index (χ1v) is 6.31. The molecule has 1 aliphatic carbocycles. The van der Waals surface area contributed by atoms with Gasteiger partial charge in [0.25, 0.3) is 10.0 Å². The van der Waals surface area contributed by atoms with Crippen LogP contribution in [0.5, 0.6) is 0 Å². The molecule has 5 nitrogen and oxygen atoms in total. The van der Waals surface area contributed by atoms with Crippen molar-refractivity contribution >= 4 is 10.0 Å². The number of nitrogens with zero attached hydrogens (tertiary/aromatic N) is 1. The van der Waals surface area contributed by atoms with Crippen LogP contribution in [0.3, 0.4) is 0 Å². The van der Waals surface area contributed by atoms with Gasteiger partial charge in [0.2, 0.25) is 0 Å². The van der Waals surface area contributed by atoms with Crippen molar-refractivity contribution in [1.29, 1.82) is 0 Å². The van der Waals surface area contributed by atoms with Gasteiger partial charge in [-0.15, -0.1) is 0 Å². The average molecular weight is 227 g/mol. The minimum absolute atomic E-state index is 0.0855. The van der Waals surface area contributed by atoms with Crippen LogP contribution in [0.15, 0.2) is 23.4 Å². The third-order valence-electron chi connectivity index (χ3n) is 2.26. The van der Waals surface area contributed by atoms with E-state index in [9.17, 15) is 8.42 Å². The Hall–Kier alpha value is -0.980. The number of pyridine rings is 1. The zero-order valence-electron chi connectivity index (χ0n) is 8.18. The highest BCUT2D eigenvalue weighted by Crippen LogP contribution is 2.19. The van der Waals surface area contributed by atoms with Crippen molar-refractivity contribution in [3.63, 3.8) is 0 Å². The Morgan fingerprint density at radius 2 is 2.20 bits per heavy atom. The van der Waals surface area contributed by atoms with E-state index < -0.39 is 10.0 Å². The minimum atomic E-state index is -3.67. The van der Waals surface area contributed by atoms with Gasteiger partial charge in [-0.1, -0.05) is 6.07 Å². The first kappa shape index (κ1) is 10.5. The van der Waals surface area contributed by atoms with Crippen LogP contribution in [0, 0.1) is 0 Å². The monoisotopic (exact) mass is 227 g/mol. The highest BCUT2D eigenvalue weighted by Gasteiger charge is 2.20. The van der Waals surface area contributed by atoms with Crippen molar-refractivity contribution in [1.82, 2.24) is 10.3 Å². The van der Waals surface area contributed by atoms with Gasteiger partial charge in [0.15, 0.2) is 5.03 Å². The molecule has 2 rings (SSSR count). The lowest BCUT2D eigenvalue weighted by Gasteiger charge is -2.03. The Kier molecular flexibility index (Phi) is 2.72. The molecule has 0 aliphatic heterocycles. The first-order valence-electron chi connectivity index (χ1n) is 4.77. The first-order chi connectivity index (χ1) is 7.05. The smallest absolute Gasteiger partial charge is 0.255 e. The Morgan fingerprint density at radius 1 is 1.47 bits per heavy atom. The van der Waals surface area contributed by atoms with Gasteiger partial charge in [-0.2, -0.15) is 0 Å². The largest absolute Gasteiger partial charge is 0.310 e. The molecule has 0 atom stereocenters. The number of rotatable bonds is 4. The maximum absolute atomic E-state index is 10.9. The van der Waals surface area contributed by atoms with E-state index in [2.05, 4.69) is 10.3 Å². The van der Waals surface area contributed by atoms with Crippen molar-refractivity contribution in [3.05, 3.63) is 23.9 Å². The zero-order valence-corrected chi connectivity index (χ0v) is 9.00. The summed E-state index contributed by atoms with van der Waals surface area (Å²) in [6, 6.07) is 3.78. The lowest BCUT2D eigenvalue weighted by atomic mass is 10.3. The second-order valence-corrected chi connectivity index (χ2v) is 5.21. The molecule has 0 spiro atoms. The van der Waals surface area contributed by atoms with E-state index in [4.69, 9.17) is 5.14 Å². The molecule has 1 heterocycles. The van der Waals surface area contributed by atoms with Crippen LogP contribution < -0.4 is 10.5 Å². The summed E-state index contributed by atoms with van der Waals surface area (Å²) in [4.78, 5) is 3.80. The maximum Gasteiger partial charge on any atom is 0.255 e. The molecule has 0 radical (unpaired) electrons. The molecule has 1 aromatic heterocycles. The predicted molar refractivity (Wildman–Crippen MR) is 55.5 cm³/mol. The number of hydrogen-bond donors (Lipinski definition) is 2. The fraction of sp³-hybridized carbons (Fsp3) is 0.444. The van der Waals surface area contributed by atoms with Gasteiger partial charge >= 0.3 is 0 Å². The third kappa shape index (κ3) is 2.98. The number of sulfonamides is 1. The normalized spacial score (nSPS) is 16.6. The summed E-state index contributed by atoms with van der Waals surface area (Å²) < 4.78 is 21.8. The van der Waals surface area contributed by atoms with Crippen molar-refractivity contribution in [2.75, 3.05) is 0 Å². The van der Waals surface area contributed by atoms with Crippen LogP contribution >= 0.6 is 0 Å². The minimum Gasteiger partial charge on any atom is -0.310 e. The molecule has 1 aromatic rings. The van der Waals surface area contributed by atoms with Gasteiger partial charge in [-0.3, -0.25) is 0 Å². The van der Waals surface area contributed by atoms with Crippen molar-refractivity contribution in [3.8, 4) is 0 Å². The van der Waals surface area contributed by atoms with Crippen LogP contribution in [-0.4, -0.2) is 19.4 Å². The van der Waals surface area contributed by atoms with E-state index in [1.807, 2.05) is 0 Å². The summed E-state index contributed by atoms with van der Waals surface area (Å²) in [6.45, 7) is 0.725. The number of aromatic nitrogens is 1. The standard InChI is InChI=1S/C9H13N3O2S/c10-15(13,14)9-4-1-7(6-12-9)5-11-8-2-3-8/h1,4,6,8,11H,2-3,5H2,(H2,10,13,14). The number of nitrogens with one attached hydrogen (secondary N) is 1. The third-order valence-corrected chi connectivity index (χ3v) is 3.09. The molecule has 0 aromatic carbocycles. The van der Waals surface area contributed by atoms with Crippen LogP contribution in [0.1, 0.15) is 18.4 Å². The molecule has 3 N–H and O–H groups in total. The second kappa shape index (κ2) is 3.88. The Morgan fingerprint density at radius 3 is 2.67 bits per heavy atom. The van der Waals surface area contributed by atoms with Crippen LogP contribution in [-0.2, 0) is 16.6 Å². The van der Waals surface area contributed by atoms with Crippen LogP contribution in [0.4, 0.5) is 0 Å². The molecule has 0 amide bonds. The highest BCUT2D eigenvalue weighted by atomic mass is 32.2. The molecule has 15 heavy (non-hydrogen) atoms. The SMILES string of the molecule is NS(=O)(=O)c1ccc(CNC2CC2)cn1. The molecule has 0 bridgehead atoms. The van der Waals surface area contributed by atoms with Crippen LogP contribution in [0.25, 0.3) is 0 Å². The molecular formula is C9H13N3O2S. The van der Waals surface area contributed by atoms with E-state index in [0.29, 0.717) is 6.04 Å². The van der Waals surface area contributed by atoms with Crippen molar-refractivity contribution in [2.24, 2.45) is 5.14 Å². The molecule has 1 aliphatic rings. The summed E-state index contributed by atoms with van der Waals surface area (Å²) in [6.07, 6.45) is 3.99. The van der Waals surface area contributed by atoms with Gasteiger partial charge in [0.1, 0.15) is 0 Å². The van der Waals surface area contributed by atoms with Gasteiger partial charge in [-0.05, 0) is 24.5 Å². The van der Waals surface area contributed by atoms with E-state index in [-0.39, 0.29) is 5.03 Å². The number of hydrogen-bond acceptors (Lipinski definition) is 4. The highest BCUT2D eigenvalue weighted by molar-refractivity contribution is 7.89. The average Bonchev–Trinajstić information content (AvgIpc) is 2.97. The van der Waals surface area contributed by atoms with Crippen molar-refractivity contribution < 1.29 is 8.42 Å². The quantitative estimate of drug-likeness (QED) is 0.757. The zero-order chi connectivity index (χ0) is 10.9. The van der Waals surface area contributed by atoms with Gasteiger partial charge in [0, 0.05) is 18.8 Å². The lowest BCUT2D eigenvalue weighted by Crippen LogP contribution is -2.17. The van der Waals surface area contributed by atoms with Crippen LogP contribution in [0.2, 0.25) is 0 Å². The lowest BCUT2D eigenvalue weighted by molar-refractivity contribution is 0.593. The summed E-state index contributed by atoms with van der Waals surface area (Å²) in [5.74, 6) is 0. The van der Waals surface area contributed by atoms with E-state index in [1.54, 1.807) is 6.07 Å². The van der Waals surface area contributed by atoms with E-state index >= 15 is 0 Å². The van der Waals surface area contributed by atoms with E-state index in [1.165, 1.54) is 25.1 Å². The Balaban J connectivity index is 2.02. The molecule has 0 saturated heterocycles. The van der Waals surface area contributed by atoms with Gasteiger partial charge in [0.05, 0.1) is 0 Å². The fourth-order valence-corrected chi connectivity index (χ4v) is 1.69. The molecular weight excluding hydrogens is 214 g/mol. The topological polar surface area (TPSA) is 85.1 Å². The molecule has 1 fully saturated rings. The number of nitrogens with two attached hydrogens (primary N) is 1. The van der Waals surface area contributed by atoms with E-state index in [0.717, 1.165) is 12.1 Å². The maximum atomic E-state index is 10.9. The number of primary sulfonamides is 1. The van der Waals surface area contributed by atoms with Crippen molar-refractivity contribution in [2.45, 2.75) is 30.5 Å². The summed E-state index contributed by atoms with van der Waals surface area (Å²) >= 11 is 0. The molecule has 82 valence electrons. The fourth-order valence-electron chi connectivity index (χ4n) is 1.23. The predicted octanol–water partition coefficient (Wildman–Crippen LogP) is -0.0190. The van der Waals surface area contributed by atoms with Gasteiger partial charge < -0.3 is 5.32 Å². The molecule has 0 unspecified atom stereocenters. The summed E-state index contributed by atoms with van der Waals surface area (Å²) in [7, 11) is -3.67. The van der Waals surface area contributed by atoms with Gasteiger partial charge in [-0.25, -0.2) is 18.5 Å². The molecule has 1 saturated carbocycles. The Bertz CT molecular complexity index is 437.